The molecule has 116 valence electrons. The summed E-state index contributed by atoms with van der Waals surface area (Å²) in [6, 6.07) is 6.67. The van der Waals surface area contributed by atoms with Gasteiger partial charge in [-0.3, -0.25) is 14.5 Å². The Kier molecular flexibility index (Phi) is 4.06. The molecule has 22 heavy (non-hydrogen) atoms. The number of carbonyl (C=O) groups excluding carboxylic acids is 3. The summed E-state index contributed by atoms with van der Waals surface area (Å²) in [4.78, 5) is 36.4. The number of hydrogen-bond acceptors (Lipinski definition) is 4. The number of carbonyl (C=O) groups is 3. The summed E-state index contributed by atoms with van der Waals surface area (Å²) in [5, 5.41) is 8.49. The fourth-order valence-corrected chi connectivity index (χ4v) is 2.68. The summed E-state index contributed by atoms with van der Waals surface area (Å²) in [5.74, 6) is -0.292. The van der Waals surface area contributed by atoms with Crippen LogP contribution in [0, 0.1) is 0 Å². The molecular formula is C15H18N4O3. The topological polar surface area (TPSA) is 90.5 Å². The number of imide groups is 1. The van der Waals surface area contributed by atoms with Gasteiger partial charge in [0.15, 0.2) is 0 Å². The SMILES string of the molecule is O=C(Nc1cccc(CN2C(=O)CNC2=O)c1)C1CCCN1. The van der Waals surface area contributed by atoms with Gasteiger partial charge in [-0.25, -0.2) is 4.79 Å². The fraction of sp³-hybridized carbons (Fsp3) is 0.400. The van der Waals surface area contributed by atoms with E-state index in [0.717, 1.165) is 24.9 Å². The van der Waals surface area contributed by atoms with E-state index >= 15 is 0 Å². The van der Waals surface area contributed by atoms with Crippen LogP contribution in [0.3, 0.4) is 0 Å². The first-order valence-corrected chi connectivity index (χ1v) is 7.35. The van der Waals surface area contributed by atoms with Gasteiger partial charge in [0.1, 0.15) is 0 Å². The van der Waals surface area contributed by atoms with Crippen LogP contribution in [-0.4, -0.2) is 41.9 Å². The largest absolute Gasteiger partial charge is 0.329 e. The zero-order valence-corrected chi connectivity index (χ0v) is 12.1. The van der Waals surface area contributed by atoms with Gasteiger partial charge in [-0.15, -0.1) is 0 Å². The van der Waals surface area contributed by atoms with Crippen LogP contribution in [-0.2, 0) is 16.1 Å². The van der Waals surface area contributed by atoms with Crippen LogP contribution in [0.2, 0.25) is 0 Å². The van der Waals surface area contributed by atoms with E-state index in [0.29, 0.717) is 5.69 Å². The average Bonchev–Trinajstić information content (AvgIpc) is 3.13. The van der Waals surface area contributed by atoms with E-state index in [2.05, 4.69) is 16.0 Å². The van der Waals surface area contributed by atoms with Crippen LogP contribution in [0.5, 0.6) is 0 Å². The first-order valence-electron chi connectivity index (χ1n) is 7.35. The van der Waals surface area contributed by atoms with E-state index in [1.165, 1.54) is 4.90 Å². The van der Waals surface area contributed by atoms with E-state index in [9.17, 15) is 14.4 Å². The van der Waals surface area contributed by atoms with Crippen molar-refractivity contribution in [2.45, 2.75) is 25.4 Å². The maximum absolute atomic E-state index is 12.1. The van der Waals surface area contributed by atoms with Crippen molar-refractivity contribution in [2.75, 3.05) is 18.4 Å². The number of anilines is 1. The van der Waals surface area contributed by atoms with Gasteiger partial charge >= 0.3 is 6.03 Å². The Bertz CT molecular complexity index is 595. The third-order valence-corrected chi connectivity index (χ3v) is 3.85. The van der Waals surface area contributed by atoms with Crippen LogP contribution in [0.1, 0.15) is 18.4 Å². The minimum atomic E-state index is -0.380. The van der Waals surface area contributed by atoms with Gasteiger partial charge < -0.3 is 16.0 Å². The van der Waals surface area contributed by atoms with E-state index < -0.39 is 0 Å². The molecule has 2 saturated heterocycles. The van der Waals surface area contributed by atoms with Crippen molar-refractivity contribution in [1.82, 2.24) is 15.5 Å². The number of rotatable bonds is 4. The quantitative estimate of drug-likeness (QED) is 0.704. The first-order chi connectivity index (χ1) is 10.6. The molecule has 1 aromatic rings. The molecule has 1 aromatic carbocycles. The molecule has 0 aliphatic carbocycles. The lowest BCUT2D eigenvalue weighted by Crippen LogP contribution is -2.35. The molecule has 2 fully saturated rings. The highest BCUT2D eigenvalue weighted by Gasteiger charge is 2.28. The molecule has 4 amide bonds. The van der Waals surface area contributed by atoms with Crippen molar-refractivity contribution >= 4 is 23.5 Å². The molecule has 2 aliphatic rings. The Morgan fingerprint density at radius 1 is 1.36 bits per heavy atom. The van der Waals surface area contributed by atoms with Gasteiger partial charge in [0, 0.05) is 5.69 Å². The summed E-state index contributed by atoms with van der Waals surface area (Å²) in [5.41, 5.74) is 1.46. The predicted octanol–water partition coefficient (Wildman–Crippen LogP) is 0.429. The molecule has 7 heteroatoms. The summed E-state index contributed by atoms with van der Waals surface area (Å²) >= 11 is 0. The zero-order valence-electron chi connectivity index (χ0n) is 12.1. The zero-order chi connectivity index (χ0) is 15.5. The molecule has 3 N–H and O–H groups in total. The number of benzene rings is 1. The van der Waals surface area contributed by atoms with E-state index in [1.54, 1.807) is 18.2 Å². The van der Waals surface area contributed by atoms with E-state index in [4.69, 9.17) is 0 Å². The molecule has 3 rings (SSSR count). The Labute approximate surface area is 128 Å². The van der Waals surface area contributed by atoms with E-state index in [1.807, 2.05) is 6.07 Å². The maximum Gasteiger partial charge on any atom is 0.324 e. The highest BCUT2D eigenvalue weighted by molar-refractivity contribution is 6.01. The summed E-state index contributed by atoms with van der Waals surface area (Å²) < 4.78 is 0. The lowest BCUT2D eigenvalue weighted by Gasteiger charge is -2.14. The summed E-state index contributed by atoms with van der Waals surface area (Å²) in [6.45, 7) is 1.11. The molecule has 0 saturated carbocycles. The van der Waals surface area contributed by atoms with Gasteiger partial charge in [0.25, 0.3) is 0 Å². The Morgan fingerprint density at radius 2 is 2.23 bits per heavy atom. The van der Waals surface area contributed by atoms with Crippen molar-refractivity contribution in [3.8, 4) is 0 Å². The smallest absolute Gasteiger partial charge is 0.324 e. The summed E-state index contributed by atoms with van der Waals surface area (Å²) in [6.07, 6.45) is 1.85. The number of hydrogen-bond donors (Lipinski definition) is 3. The lowest BCUT2D eigenvalue weighted by atomic mass is 10.1. The lowest BCUT2D eigenvalue weighted by molar-refractivity contribution is -0.125. The number of amides is 4. The van der Waals surface area contributed by atoms with Crippen LogP contribution in [0.15, 0.2) is 24.3 Å². The number of nitrogens with one attached hydrogen (secondary N) is 3. The second-order valence-corrected chi connectivity index (χ2v) is 5.48. The van der Waals surface area contributed by atoms with E-state index in [-0.39, 0.29) is 37.0 Å². The molecule has 0 aromatic heterocycles. The predicted molar refractivity (Wildman–Crippen MR) is 80.0 cm³/mol. The highest BCUT2D eigenvalue weighted by atomic mass is 16.2. The van der Waals surface area contributed by atoms with Gasteiger partial charge in [-0.05, 0) is 37.1 Å². The minimum absolute atomic E-state index is 0.0443. The second-order valence-electron chi connectivity index (χ2n) is 5.48. The third-order valence-electron chi connectivity index (χ3n) is 3.85. The second kappa shape index (κ2) is 6.15. The molecule has 2 aliphatic heterocycles. The Hall–Kier alpha value is -2.41. The first kappa shape index (κ1) is 14.5. The van der Waals surface area contributed by atoms with Crippen LogP contribution in [0.4, 0.5) is 10.5 Å². The minimum Gasteiger partial charge on any atom is -0.329 e. The highest BCUT2D eigenvalue weighted by Crippen LogP contribution is 2.15. The molecule has 7 nitrogen and oxygen atoms in total. The number of urea groups is 1. The molecule has 1 atom stereocenters. The van der Waals surface area contributed by atoms with Crippen LogP contribution >= 0.6 is 0 Å². The van der Waals surface area contributed by atoms with Crippen LogP contribution in [0.25, 0.3) is 0 Å². The van der Waals surface area contributed by atoms with Crippen molar-refractivity contribution in [2.24, 2.45) is 0 Å². The molecule has 0 bridgehead atoms. The normalized spacial score (nSPS) is 21.1. The Morgan fingerprint density at radius 3 is 2.91 bits per heavy atom. The van der Waals surface area contributed by atoms with Gasteiger partial charge in [0.05, 0.1) is 19.1 Å². The van der Waals surface area contributed by atoms with Crippen molar-refractivity contribution in [1.29, 1.82) is 0 Å². The summed E-state index contributed by atoms with van der Waals surface area (Å²) in [7, 11) is 0. The molecule has 1 unspecified atom stereocenters. The number of nitrogens with zero attached hydrogens (tertiary/aromatic N) is 1. The Balaban J connectivity index is 1.66. The molecule has 0 radical (unpaired) electrons. The maximum atomic E-state index is 12.1. The van der Waals surface area contributed by atoms with Gasteiger partial charge in [-0.1, -0.05) is 12.1 Å². The van der Waals surface area contributed by atoms with Crippen molar-refractivity contribution in [3.63, 3.8) is 0 Å². The average molecular weight is 302 g/mol. The van der Waals surface area contributed by atoms with Crippen molar-refractivity contribution < 1.29 is 14.4 Å². The molecular weight excluding hydrogens is 284 g/mol. The molecule has 0 spiro atoms. The monoisotopic (exact) mass is 302 g/mol. The standard InChI is InChI=1S/C15H18N4O3/c20-13-8-17-15(22)19(13)9-10-3-1-4-11(7-10)18-14(21)12-5-2-6-16-12/h1,3-4,7,12,16H,2,5-6,8-9H2,(H,17,22)(H,18,21). The third kappa shape index (κ3) is 3.09. The van der Waals surface area contributed by atoms with Gasteiger partial charge in [-0.2, -0.15) is 0 Å². The fourth-order valence-electron chi connectivity index (χ4n) is 2.68. The van der Waals surface area contributed by atoms with Crippen molar-refractivity contribution in [3.05, 3.63) is 29.8 Å². The molecule has 2 heterocycles. The van der Waals surface area contributed by atoms with Crippen LogP contribution < -0.4 is 16.0 Å². The van der Waals surface area contributed by atoms with Gasteiger partial charge in [0.2, 0.25) is 11.8 Å².